The molecule has 4 nitrogen and oxygen atoms in total. The summed E-state index contributed by atoms with van der Waals surface area (Å²) in [6, 6.07) is -0.00694. The van der Waals surface area contributed by atoms with E-state index >= 15 is 0 Å². The lowest BCUT2D eigenvalue weighted by Gasteiger charge is -2.22. The molecule has 0 aromatic heterocycles. The van der Waals surface area contributed by atoms with Crippen molar-refractivity contribution in [1.82, 2.24) is 0 Å². The second-order valence-corrected chi connectivity index (χ2v) is 3.81. The standard InChI is InChI=1S/C8H15N3O/c1-8(12)5-3-2-4-7(6-8)10-11-9/h7,12H,2-6H2,1H3. The predicted molar refractivity (Wildman–Crippen MR) is 46.6 cm³/mol. The molecule has 0 aromatic carbocycles. The van der Waals surface area contributed by atoms with Crippen molar-refractivity contribution in [2.24, 2.45) is 5.11 Å². The Hall–Kier alpha value is -0.730. The van der Waals surface area contributed by atoms with Crippen molar-refractivity contribution < 1.29 is 5.11 Å². The molecule has 4 heteroatoms. The molecule has 1 aliphatic rings. The highest BCUT2D eigenvalue weighted by Gasteiger charge is 2.27. The Morgan fingerprint density at radius 2 is 2.33 bits per heavy atom. The molecule has 0 saturated heterocycles. The van der Waals surface area contributed by atoms with Crippen molar-refractivity contribution in [3.8, 4) is 0 Å². The van der Waals surface area contributed by atoms with Crippen LogP contribution < -0.4 is 0 Å². The zero-order valence-electron chi connectivity index (χ0n) is 7.40. The number of aliphatic hydroxyl groups is 1. The van der Waals surface area contributed by atoms with E-state index in [9.17, 15) is 5.11 Å². The fraction of sp³-hybridized carbons (Fsp3) is 1.00. The summed E-state index contributed by atoms with van der Waals surface area (Å²) in [5.74, 6) is 0. The minimum Gasteiger partial charge on any atom is -0.390 e. The summed E-state index contributed by atoms with van der Waals surface area (Å²) in [5, 5.41) is 13.4. The van der Waals surface area contributed by atoms with Crippen LogP contribution in [-0.4, -0.2) is 16.7 Å². The molecule has 0 amide bonds. The average molecular weight is 169 g/mol. The SMILES string of the molecule is CC1(O)CCCCC(N=[N+]=[N-])C1. The maximum absolute atomic E-state index is 9.77. The summed E-state index contributed by atoms with van der Waals surface area (Å²) in [5.41, 5.74) is 7.63. The summed E-state index contributed by atoms with van der Waals surface area (Å²) in [4.78, 5) is 2.78. The maximum Gasteiger partial charge on any atom is 0.0623 e. The predicted octanol–water partition coefficient (Wildman–Crippen LogP) is 2.38. The average Bonchev–Trinajstić information content (AvgIpc) is 2.11. The number of hydrogen-bond acceptors (Lipinski definition) is 2. The smallest absolute Gasteiger partial charge is 0.0623 e. The van der Waals surface area contributed by atoms with Gasteiger partial charge in [0.1, 0.15) is 0 Å². The molecule has 1 saturated carbocycles. The quantitative estimate of drug-likeness (QED) is 0.278. The van der Waals surface area contributed by atoms with E-state index in [0.717, 1.165) is 25.7 Å². The molecule has 68 valence electrons. The third kappa shape index (κ3) is 2.72. The van der Waals surface area contributed by atoms with E-state index in [2.05, 4.69) is 10.0 Å². The largest absolute Gasteiger partial charge is 0.390 e. The Bertz CT molecular complexity index is 196. The second-order valence-electron chi connectivity index (χ2n) is 3.81. The third-order valence-electron chi connectivity index (χ3n) is 2.39. The third-order valence-corrected chi connectivity index (χ3v) is 2.39. The normalized spacial score (nSPS) is 36.7. The van der Waals surface area contributed by atoms with Crippen LogP contribution in [0.2, 0.25) is 0 Å². The van der Waals surface area contributed by atoms with Crippen LogP contribution in [0.4, 0.5) is 0 Å². The van der Waals surface area contributed by atoms with E-state index in [1.807, 2.05) is 6.92 Å². The highest BCUT2D eigenvalue weighted by molar-refractivity contribution is 4.84. The molecule has 0 aromatic rings. The zero-order valence-corrected chi connectivity index (χ0v) is 7.40. The first-order valence-electron chi connectivity index (χ1n) is 4.41. The molecular weight excluding hydrogens is 154 g/mol. The summed E-state index contributed by atoms with van der Waals surface area (Å²) in [6.45, 7) is 1.82. The van der Waals surface area contributed by atoms with Crippen molar-refractivity contribution in [3.05, 3.63) is 10.4 Å². The van der Waals surface area contributed by atoms with Gasteiger partial charge >= 0.3 is 0 Å². The molecule has 1 aliphatic carbocycles. The number of rotatable bonds is 1. The van der Waals surface area contributed by atoms with Crippen molar-refractivity contribution in [1.29, 1.82) is 0 Å². The summed E-state index contributed by atoms with van der Waals surface area (Å²) >= 11 is 0. The number of hydrogen-bond donors (Lipinski definition) is 1. The van der Waals surface area contributed by atoms with Gasteiger partial charge in [0.25, 0.3) is 0 Å². The van der Waals surface area contributed by atoms with Gasteiger partial charge in [0.15, 0.2) is 0 Å². The minimum absolute atomic E-state index is 0.00694. The molecule has 0 aliphatic heterocycles. The molecule has 0 spiro atoms. The molecule has 0 heterocycles. The Kier molecular flexibility index (Phi) is 2.95. The van der Waals surface area contributed by atoms with Gasteiger partial charge in [0.2, 0.25) is 0 Å². The van der Waals surface area contributed by atoms with Crippen LogP contribution in [0.3, 0.4) is 0 Å². The Balaban J connectivity index is 2.59. The molecule has 1 rings (SSSR count). The molecule has 12 heavy (non-hydrogen) atoms. The molecule has 0 bridgehead atoms. The van der Waals surface area contributed by atoms with Crippen LogP contribution in [0, 0.1) is 0 Å². The van der Waals surface area contributed by atoms with Gasteiger partial charge in [0, 0.05) is 11.0 Å². The van der Waals surface area contributed by atoms with Gasteiger partial charge in [-0.3, -0.25) is 0 Å². The van der Waals surface area contributed by atoms with Crippen LogP contribution in [0.5, 0.6) is 0 Å². The lowest BCUT2D eigenvalue weighted by molar-refractivity contribution is 0.0405. The summed E-state index contributed by atoms with van der Waals surface area (Å²) in [6.07, 6.45) is 4.44. The van der Waals surface area contributed by atoms with E-state index in [0.29, 0.717) is 6.42 Å². The van der Waals surface area contributed by atoms with E-state index in [1.165, 1.54) is 0 Å². The van der Waals surface area contributed by atoms with Gasteiger partial charge in [-0.05, 0) is 31.7 Å². The molecule has 2 atom stereocenters. The minimum atomic E-state index is -0.630. The van der Waals surface area contributed by atoms with Gasteiger partial charge in [0.05, 0.1) is 5.60 Å². The van der Waals surface area contributed by atoms with Crippen LogP contribution in [0.15, 0.2) is 5.11 Å². The molecule has 0 radical (unpaired) electrons. The van der Waals surface area contributed by atoms with E-state index in [1.54, 1.807) is 0 Å². The zero-order chi connectivity index (χ0) is 9.03. The lowest BCUT2D eigenvalue weighted by atomic mass is 9.95. The molecule has 1 fully saturated rings. The van der Waals surface area contributed by atoms with Gasteiger partial charge in [-0.25, -0.2) is 0 Å². The summed E-state index contributed by atoms with van der Waals surface area (Å²) < 4.78 is 0. The van der Waals surface area contributed by atoms with Gasteiger partial charge in [-0.1, -0.05) is 18.0 Å². The monoisotopic (exact) mass is 169 g/mol. The fourth-order valence-electron chi connectivity index (χ4n) is 1.77. The number of nitrogens with zero attached hydrogens (tertiary/aromatic N) is 3. The van der Waals surface area contributed by atoms with Crippen LogP contribution in [-0.2, 0) is 0 Å². The van der Waals surface area contributed by atoms with Gasteiger partial charge in [-0.15, -0.1) is 0 Å². The first kappa shape index (κ1) is 9.36. The Labute approximate surface area is 72.2 Å². The van der Waals surface area contributed by atoms with Gasteiger partial charge < -0.3 is 5.11 Å². The van der Waals surface area contributed by atoms with E-state index < -0.39 is 5.60 Å². The molecule has 2 unspecified atom stereocenters. The van der Waals surface area contributed by atoms with Crippen LogP contribution >= 0.6 is 0 Å². The van der Waals surface area contributed by atoms with Crippen molar-refractivity contribution in [3.63, 3.8) is 0 Å². The van der Waals surface area contributed by atoms with E-state index in [-0.39, 0.29) is 6.04 Å². The highest BCUT2D eigenvalue weighted by Crippen LogP contribution is 2.28. The van der Waals surface area contributed by atoms with Crippen molar-refractivity contribution in [2.45, 2.75) is 50.7 Å². The molecule has 1 N–H and O–H groups in total. The van der Waals surface area contributed by atoms with Crippen molar-refractivity contribution >= 4 is 0 Å². The van der Waals surface area contributed by atoms with Gasteiger partial charge in [-0.2, -0.15) is 0 Å². The maximum atomic E-state index is 9.77. The van der Waals surface area contributed by atoms with Crippen molar-refractivity contribution in [2.75, 3.05) is 0 Å². The van der Waals surface area contributed by atoms with Crippen LogP contribution in [0.25, 0.3) is 10.4 Å². The topological polar surface area (TPSA) is 69.0 Å². The summed E-state index contributed by atoms with van der Waals surface area (Å²) in [7, 11) is 0. The number of azide groups is 1. The molecular formula is C8H15N3O. The Morgan fingerprint density at radius 1 is 1.58 bits per heavy atom. The second kappa shape index (κ2) is 3.78. The first-order chi connectivity index (χ1) is 5.64. The van der Waals surface area contributed by atoms with Crippen LogP contribution in [0.1, 0.15) is 39.0 Å². The lowest BCUT2D eigenvalue weighted by Crippen LogP contribution is -2.26. The first-order valence-corrected chi connectivity index (χ1v) is 4.41. The highest BCUT2D eigenvalue weighted by atomic mass is 16.3. The fourth-order valence-corrected chi connectivity index (χ4v) is 1.77. The van der Waals surface area contributed by atoms with E-state index in [4.69, 9.17) is 5.53 Å². The Morgan fingerprint density at radius 3 is 3.00 bits per heavy atom.